The fourth-order valence-electron chi connectivity index (χ4n) is 3.26. The molecule has 0 radical (unpaired) electrons. The average molecular weight is 566 g/mol. The van der Waals surface area contributed by atoms with Crippen LogP contribution in [0.5, 0.6) is 0 Å². The number of aromatic nitrogens is 2. The highest BCUT2D eigenvalue weighted by atomic mass is 16.4. The number of allylic oxidation sites excluding steroid dienone is 5. The van der Waals surface area contributed by atoms with Gasteiger partial charge < -0.3 is 9.32 Å². The summed E-state index contributed by atoms with van der Waals surface area (Å²) in [5.74, 6) is 1.04. The fourth-order valence-corrected chi connectivity index (χ4v) is 3.26. The highest BCUT2D eigenvalue weighted by Gasteiger charge is 2.12. The van der Waals surface area contributed by atoms with E-state index in [4.69, 9.17) is 4.42 Å². The maximum atomic E-state index is 5.92. The van der Waals surface area contributed by atoms with Gasteiger partial charge in [-0.15, -0.1) is 23.4 Å². The van der Waals surface area contributed by atoms with Crippen LogP contribution >= 0.6 is 0 Å². The van der Waals surface area contributed by atoms with Crippen molar-refractivity contribution in [3.63, 3.8) is 0 Å². The third kappa shape index (κ3) is 13.8. The molecule has 0 saturated carbocycles. The van der Waals surface area contributed by atoms with Gasteiger partial charge in [-0.2, -0.15) is 0 Å². The van der Waals surface area contributed by atoms with E-state index in [1.165, 1.54) is 5.56 Å². The van der Waals surface area contributed by atoms with Crippen LogP contribution in [0.1, 0.15) is 60.5 Å². The molecule has 4 aromatic rings. The number of para-hydroxylation sites is 1. The first-order valence-electron chi connectivity index (χ1n) is 14.9. The molecule has 0 fully saturated rings. The van der Waals surface area contributed by atoms with Crippen molar-refractivity contribution in [2.75, 3.05) is 11.4 Å². The van der Waals surface area contributed by atoms with E-state index in [1.54, 1.807) is 6.08 Å². The van der Waals surface area contributed by atoms with Crippen molar-refractivity contribution in [3.05, 3.63) is 134 Å². The zero-order chi connectivity index (χ0) is 31.6. The van der Waals surface area contributed by atoms with Crippen LogP contribution in [0.15, 0.2) is 133 Å². The molecule has 0 unspecified atom stereocenters. The van der Waals surface area contributed by atoms with Gasteiger partial charge in [0.2, 0.25) is 11.8 Å². The minimum atomic E-state index is 0.515. The van der Waals surface area contributed by atoms with Crippen LogP contribution in [0.25, 0.3) is 22.9 Å². The van der Waals surface area contributed by atoms with Crippen LogP contribution in [-0.4, -0.2) is 16.7 Å². The van der Waals surface area contributed by atoms with E-state index in [9.17, 15) is 0 Å². The van der Waals surface area contributed by atoms with Gasteiger partial charge in [0.15, 0.2) is 0 Å². The Hall–Kier alpha value is -4.44. The summed E-state index contributed by atoms with van der Waals surface area (Å²) in [6.45, 7) is 23.6. The van der Waals surface area contributed by atoms with Crippen molar-refractivity contribution < 1.29 is 4.42 Å². The predicted octanol–water partition coefficient (Wildman–Crippen LogP) is 11.8. The molecule has 224 valence electrons. The third-order valence-electron chi connectivity index (χ3n) is 5.23. The van der Waals surface area contributed by atoms with Crippen LogP contribution in [-0.2, 0) is 0 Å². The second-order valence-corrected chi connectivity index (χ2v) is 8.33. The van der Waals surface area contributed by atoms with E-state index in [0.717, 1.165) is 35.5 Å². The largest absolute Gasteiger partial charge is 0.416 e. The van der Waals surface area contributed by atoms with Gasteiger partial charge in [-0.1, -0.05) is 107 Å². The van der Waals surface area contributed by atoms with Crippen molar-refractivity contribution in [1.82, 2.24) is 10.2 Å². The SMILES string of the molecule is C/C=C\C=C/CN(c1ccccc1)c1ccc(-c2nnc(-c3ccc(C)cc3)o2)cc1.C=CC.C=CCC.CC.CC. The van der Waals surface area contributed by atoms with Gasteiger partial charge in [0, 0.05) is 29.0 Å². The quantitative estimate of drug-likeness (QED) is 0.157. The Labute approximate surface area is 255 Å². The summed E-state index contributed by atoms with van der Waals surface area (Å²) in [5.41, 5.74) is 5.25. The summed E-state index contributed by atoms with van der Waals surface area (Å²) in [6.07, 6.45) is 13.0. The van der Waals surface area contributed by atoms with Crippen molar-refractivity contribution in [1.29, 1.82) is 0 Å². The summed E-state index contributed by atoms with van der Waals surface area (Å²) in [6, 6.07) is 26.6. The van der Waals surface area contributed by atoms with E-state index in [0.29, 0.717) is 11.8 Å². The Morgan fingerprint density at radius 2 is 1.17 bits per heavy atom. The van der Waals surface area contributed by atoms with Gasteiger partial charge in [-0.25, -0.2) is 0 Å². The lowest BCUT2D eigenvalue weighted by molar-refractivity contribution is 0.584. The Morgan fingerprint density at radius 3 is 1.62 bits per heavy atom. The standard InChI is InChI=1S/C27H25N3O.C4H8.C3H6.2C2H6/c1-3-4-5-9-20-30(24-10-7-6-8-11-24)25-18-16-23(17-19-25)27-29-28-26(31-27)22-14-12-21(2)13-15-22;1-3-4-2;1-3-2;2*1-2/h3-19H,20H2,1-2H3;3H,1,4H2,2H3;3H,1H2,2H3;2*1-2H3/b4-3-,9-5-;;;;. The van der Waals surface area contributed by atoms with E-state index >= 15 is 0 Å². The van der Waals surface area contributed by atoms with Crippen molar-refractivity contribution in [2.45, 2.75) is 61.8 Å². The van der Waals surface area contributed by atoms with Gasteiger partial charge >= 0.3 is 0 Å². The summed E-state index contributed by atoms with van der Waals surface area (Å²) < 4.78 is 5.92. The zero-order valence-electron chi connectivity index (χ0n) is 27.0. The van der Waals surface area contributed by atoms with E-state index < -0.39 is 0 Å². The molecule has 3 aromatic carbocycles. The molecule has 4 nitrogen and oxygen atoms in total. The fraction of sp³-hybridized carbons (Fsp3) is 0.263. The Balaban J connectivity index is 0.00000134. The van der Waals surface area contributed by atoms with Crippen LogP contribution < -0.4 is 4.90 Å². The molecular weight excluding hydrogens is 514 g/mol. The van der Waals surface area contributed by atoms with E-state index in [2.05, 4.69) is 90.7 Å². The maximum absolute atomic E-state index is 5.92. The summed E-state index contributed by atoms with van der Waals surface area (Å²) in [4.78, 5) is 2.26. The van der Waals surface area contributed by atoms with Crippen molar-refractivity contribution >= 4 is 11.4 Å². The van der Waals surface area contributed by atoms with Gasteiger partial charge in [-0.05, 0) is 75.7 Å². The van der Waals surface area contributed by atoms with Crippen LogP contribution in [0.3, 0.4) is 0 Å². The monoisotopic (exact) mass is 565 g/mol. The van der Waals surface area contributed by atoms with Crippen LogP contribution in [0.2, 0.25) is 0 Å². The molecule has 0 atom stereocenters. The second-order valence-electron chi connectivity index (χ2n) is 8.33. The Bertz CT molecular complexity index is 1270. The molecule has 1 aromatic heterocycles. The highest BCUT2D eigenvalue weighted by molar-refractivity contribution is 5.67. The molecule has 0 bridgehead atoms. The second kappa shape index (κ2) is 24.4. The van der Waals surface area contributed by atoms with Gasteiger partial charge in [-0.3, -0.25) is 0 Å². The van der Waals surface area contributed by atoms with Gasteiger partial charge in [0.1, 0.15) is 0 Å². The molecule has 4 heteroatoms. The smallest absolute Gasteiger partial charge is 0.248 e. The number of anilines is 2. The minimum absolute atomic E-state index is 0.515. The predicted molar refractivity (Wildman–Crippen MR) is 186 cm³/mol. The summed E-state index contributed by atoms with van der Waals surface area (Å²) in [5, 5.41) is 8.45. The lowest BCUT2D eigenvalue weighted by atomic mass is 10.1. The van der Waals surface area contributed by atoms with Gasteiger partial charge in [0.25, 0.3) is 0 Å². The van der Waals surface area contributed by atoms with Crippen LogP contribution in [0.4, 0.5) is 11.4 Å². The number of aryl methyl sites for hydroxylation is 1. The first-order valence-corrected chi connectivity index (χ1v) is 14.9. The third-order valence-corrected chi connectivity index (χ3v) is 5.23. The molecule has 0 N–H and O–H groups in total. The van der Waals surface area contributed by atoms with Crippen molar-refractivity contribution in [2.24, 2.45) is 0 Å². The molecule has 0 aliphatic carbocycles. The topological polar surface area (TPSA) is 42.2 Å². The molecule has 0 aliphatic rings. The number of rotatable bonds is 8. The Kier molecular flexibility index (Phi) is 21.8. The van der Waals surface area contributed by atoms with Crippen molar-refractivity contribution in [3.8, 4) is 22.9 Å². The summed E-state index contributed by atoms with van der Waals surface area (Å²) in [7, 11) is 0. The first kappa shape index (κ1) is 37.6. The number of hydrogen-bond acceptors (Lipinski definition) is 4. The summed E-state index contributed by atoms with van der Waals surface area (Å²) >= 11 is 0. The molecule has 0 amide bonds. The lowest BCUT2D eigenvalue weighted by Crippen LogP contribution is -2.16. The molecule has 0 spiro atoms. The molecular formula is C38H51N3O. The van der Waals surface area contributed by atoms with E-state index in [1.807, 2.05) is 102 Å². The zero-order valence-corrected chi connectivity index (χ0v) is 27.0. The number of hydrogen-bond donors (Lipinski definition) is 0. The highest BCUT2D eigenvalue weighted by Crippen LogP contribution is 2.29. The van der Waals surface area contributed by atoms with Crippen LogP contribution in [0, 0.1) is 6.92 Å². The molecule has 1 heterocycles. The number of nitrogens with zero attached hydrogens (tertiary/aromatic N) is 3. The lowest BCUT2D eigenvalue weighted by Gasteiger charge is -2.23. The van der Waals surface area contributed by atoms with Gasteiger partial charge in [0.05, 0.1) is 0 Å². The normalized spacial score (nSPS) is 9.62. The minimum Gasteiger partial charge on any atom is -0.416 e. The average Bonchev–Trinajstić information content (AvgIpc) is 3.55. The maximum Gasteiger partial charge on any atom is 0.248 e. The molecule has 42 heavy (non-hydrogen) atoms. The first-order chi connectivity index (χ1) is 20.6. The molecule has 0 aliphatic heterocycles. The Morgan fingerprint density at radius 1 is 0.714 bits per heavy atom. The van der Waals surface area contributed by atoms with E-state index in [-0.39, 0.29) is 0 Å². The number of benzene rings is 3. The molecule has 0 saturated heterocycles. The molecule has 4 rings (SSSR count).